The van der Waals surface area contributed by atoms with Crippen molar-refractivity contribution in [3.63, 3.8) is 0 Å². The molecule has 1 fully saturated rings. The normalized spacial score (nSPS) is 24.1. The molecular weight excluding hydrogens is 144 g/mol. The minimum atomic E-state index is 1.28. The smallest absolute Gasteiger partial charge is 0.0226 e. The Morgan fingerprint density at radius 2 is 1.83 bits per heavy atom. The second kappa shape index (κ2) is 3.30. The van der Waals surface area contributed by atoms with Crippen LogP contribution in [0.1, 0.15) is 32.6 Å². The summed E-state index contributed by atoms with van der Waals surface area (Å²) >= 11 is 0. The molecule has 0 atom stereocenters. The highest BCUT2D eigenvalue weighted by Crippen LogP contribution is 2.33. The van der Waals surface area contributed by atoms with E-state index < -0.39 is 0 Å². The van der Waals surface area contributed by atoms with E-state index in [0.717, 1.165) is 0 Å². The molecule has 0 N–H and O–H groups in total. The van der Waals surface area contributed by atoms with Gasteiger partial charge in [-0.1, -0.05) is 41.9 Å². The fourth-order valence-electron chi connectivity index (χ4n) is 1.85. The van der Waals surface area contributed by atoms with Gasteiger partial charge in [-0.3, -0.25) is 0 Å². The molecular formula is C12H15. The zero-order valence-electron chi connectivity index (χ0n) is 7.64. The van der Waals surface area contributed by atoms with Crippen molar-refractivity contribution < 1.29 is 0 Å². The van der Waals surface area contributed by atoms with Gasteiger partial charge in [-0.05, 0) is 26.2 Å². The topological polar surface area (TPSA) is 0 Å². The van der Waals surface area contributed by atoms with Crippen LogP contribution in [-0.4, -0.2) is 0 Å². The van der Waals surface area contributed by atoms with Crippen molar-refractivity contribution >= 4 is 0 Å². The Balaban J connectivity index is 2.24. The van der Waals surface area contributed by atoms with Crippen LogP contribution in [0.4, 0.5) is 0 Å². The molecule has 1 radical (unpaired) electrons. The van der Waals surface area contributed by atoms with Gasteiger partial charge in [0.1, 0.15) is 0 Å². The van der Waals surface area contributed by atoms with Gasteiger partial charge in [0.15, 0.2) is 0 Å². The Morgan fingerprint density at radius 1 is 1.00 bits per heavy atom. The minimum Gasteiger partial charge on any atom is -0.0728 e. The van der Waals surface area contributed by atoms with Crippen LogP contribution in [0.15, 0.2) is 35.5 Å². The summed E-state index contributed by atoms with van der Waals surface area (Å²) < 4.78 is 0. The Kier molecular flexibility index (Phi) is 2.16. The standard InChI is InChI=1S/C12H15/c1-10-6-8-11-4-2-3-5-12(11)9-7-10/h6-9H,2-5H2,1H3. The van der Waals surface area contributed by atoms with Gasteiger partial charge in [0, 0.05) is 5.92 Å². The highest BCUT2D eigenvalue weighted by molar-refractivity contribution is 5.43. The number of fused-ring (bicyclic) bond motifs is 1. The minimum absolute atomic E-state index is 1.28. The van der Waals surface area contributed by atoms with E-state index in [9.17, 15) is 0 Å². The summed E-state index contributed by atoms with van der Waals surface area (Å²) in [5.41, 5.74) is 2.93. The molecule has 2 aliphatic carbocycles. The number of hydrogen-bond acceptors (Lipinski definition) is 0. The second-order valence-corrected chi connectivity index (χ2v) is 3.67. The van der Waals surface area contributed by atoms with Gasteiger partial charge >= 0.3 is 0 Å². The molecule has 0 amide bonds. The summed E-state index contributed by atoms with van der Waals surface area (Å²) in [6, 6.07) is 0. The molecule has 0 nitrogen and oxygen atoms in total. The largest absolute Gasteiger partial charge is 0.0728 e. The molecule has 0 heteroatoms. The van der Waals surface area contributed by atoms with E-state index >= 15 is 0 Å². The van der Waals surface area contributed by atoms with Crippen LogP contribution in [0.25, 0.3) is 0 Å². The molecule has 0 heterocycles. The molecule has 0 saturated heterocycles. The lowest BCUT2D eigenvalue weighted by molar-refractivity contribution is 0.644. The van der Waals surface area contributed by atoms with Gasteiger partial charge in [-0.2, -0.15) is 0 Å². The average Bonchev–Trinajstić information content (AvgIpc) is 2.29. The summed E-state index contributed by atoms with van der Waals surface area (Å²) in [6.45, 7) is 2.16. The van der Waals surface area contributed by atoms with E-state index in [1.165, 1.54) is 31.3 Å². The van der Waals surface area contributed by atoms with E-state index in [2.05, 4.69) is 31.2 Å². The van der Waals surface area contributed by atoms with Crippen molar-refractivity contribution in [1.29, 1.82) is 0 Å². The maximum Gasteiger partial charge on any atom is 0.0226 e. The summed E-state index contributed by atoms with van der Waals surface area (Å²) in [7, 11) is 0. The predicted octanol–water partition coefficient (Wildman–Crippen LogP) is 3.58. The van der Waals surface area contributed by atoms with E-state index in [1.54, 1.807) is 11.5 Å². The van der Waals surface area contributed by atoms with Crippen molar-refractivity contribution in [2.24, 2.45) is 0 Å². The Labute approximate surface area is 74.7 Å². The van der Waals surface area contributed by atoms with Crippen LogP contribution in [-0.2, 0) is 0 Å². The fourth-order valence-corrected chi connectivity index (χ4v) is 1.85. The highest BCUT2D eigenvalue weighted by atomic mass is 14.2. The molecule has 0 aromatic carbocycles. The molecule has 0 aromatic heterocycles. The van der Waals surface area contributed by atoms with Gasteiger partial charge in [0.25, 0.3) is 0 Å². The van der Waals surface area contributed by atoms with Crippen molar-refractivity contribution in [2.75, 3.05) is 0 Å². The third-order valence-corrected chi connectivity index (χ3v) is 2.65. The lowest BCUT2D eigenvalue weighted by Crippen LogP contribution is -2.04. The molecule has 1 saturated carbocycles. The van der Waals surface area contributed by atoms with Gasteiger partial charge in [0.2, 0.25) is 0 Å². The summed E-state index contributed by atoms with van der Waals surface area (Å²) in [5.74, 6) is 1.56. The zero-order chi connectivity index (χ0) is 8.39. The first-order valence-corrected chi connectivity index (χ1v) is 4.78. The van der Waals surface area contributed by atoms with Crippen LogP contribution < -0.4 is 0 Å². The van der Waals surface area contributed by atoms with Crippen LogP contribution in [0, 0.1) is 5.92 Å². The molecule has 0 aromatic rings. The maximum absolute atomic E-state index is 2.30. The summed E-state index contributed by atoms with van der Waals surface area (Å²) in [4.78, 5) is 0. The highest BCUT2D eigenvalue weighted by Gasteiger charge is 2.16. The summed E-state index contributed by atoms with van der Waals surface area (Å²) in [6.07, 6.45) is 14.3. The molecule has 12 heavy (non-hydrogen) atoms. The van der Waals surface area contributed by atoms with E-state index in [4.69, 9.17) is 0 Å². The predicted molar refractivity (Wildman–Crippen MR) is 52.7 cm³/mol. The van der Waals surface area contributed by atoms with Gasteiger partial charge < -0.3 is 0 Å². The van der Waals surface area contributed by atoms with Gasteiger partial charge in [0.05, 0.1) is 0 Å². The van der Waals surface area contributed by atoms with E-state index in [1.807, 2.05) is 0 Å². The monoisotopic (exact) mass is 159 g/mol. The lowest BCUT2D eigenvalue weighted by Gasteiger charge is -2.20. The molecule has 63 valence electrons. The molecule has 0 bridgehead atoms. The quantitative estimate of drug-likeness (QED) is 0.507. The molecule has 0 unspecified atom stereocenters. The summed E-state index contributed by atoms with van der Waals surface area (Å²) in [5, 5.41) is 0. The third kappa shape index (κ3) is 1.52. The van der Waals surface area contributed by atoms with Gasteiger partial charge in [-0.25, -0.2) is 0 Å². The maximum atomic E-state index is 2.30. The Hall–Kier alpha value is -0.780. The number of rotatable bonds is 0. The zero-order valence-corrected chi connectivity index (χ0v) is 7.64. The van der Waals surface area contributed by atoms with Gasteiger partial charge in [-0.15, -0.1) is 0 Å². The van der Waals surface area contributed by atoms with Crippen LogP contribution in [0.5, 0.6) is 0 Å². The van der Waals surface area contributed by atoms with E-state index in [-0.39, 0.29) is 0 Å². The van der Waals surface area contributed by atoms with E-state index in [0.29, 0.717) is 0 Å². The first-order chi connectivity index (χ1) is 5.86. The number of allylic oxidation sites excluding steroid dienone is 6. The SMILES string of the molecule is CC1=CC=C2CCCC[C]2C=C1. The fraction of sp³-hybridized carbons (Fsp3) is 0.417. The number of hydrogen-bond donors (Lipinski definition) is 0. The first kappa shape index (κ1) is 7.85. The van der Waals surface area contributed by atoms with Crippen LogP contribution in [0.3, 0.4) is 0 Å². The second-order valence-electron chi connectivity index (χ2n) is 3.67. The molecule has 0 spiro atoms. The lowest BCUT2D eigenvalue weighted by atomic mass is 9.84. The van der Waals surface area contributed by atoms with Crippen molar-refractivity contribution in [3.05, 3.63) is 41.4 Å². The third-order valence-electron chi connectivity index (χ3n) is 2.65. The Bertz CT molecular complexity index is 253. The van der Waals surface area contributed by atoms with Crippen molar-refractivity contribution in [3.8, 4) is 0 Å². The molecule has 2 aliphatic rings. The Morgan fingerprint density at radius 3 is 2.75 bits per heavy atom. The van der Waals surface area contributed by atoms with Crippen molar-refractivity contribution in [1.82, 2.24) is 0 Å². The van der Waals surface area contributed by atoms with Crippen LogP contribution in [0.2, 0.25) is 0 Å². The van der Waals surface area contributed by atoms with Crippen molar-refractivity contribution in [2.45, 2.75) is 32.6 Å². The average molecular weight is 159 g/mol. The molecule has 2 rings (SSSR count). The van der Waals surface area contributed by atoms with Crippen LogP contribution >= 0.6 is 0 Å². The first-order valence-electron chi connectivity index (χ1n) is 4.78. The molecule has 0 aliphatic heterocycles.